The van der Waals surface area contributed by atoms with Crippen LogP contribution >= 0.6 is 0 Å². The molecule has 1 amide bonds. The Hall–Kier alpha value is -2.43. The summed E-state index contributed by atoms with van der Waals surface area (Å²) >= 11 is 0. The lowest BCUT2D eigenvalue weighted by Gasteiger charge is -2.16. The van der Waals surface area contributed by atoms with Gasteiger partial charge in [0.05, 0.1) is 17.8 Å². The first-order valence-electron chi connectivity index (χ1n) is 6.67. The first-order valence-corrected chi connectivity index (χ1v) is 6.67. The normalized spacial score (nSPS) is 13.9. The molecule has 0 unspecified atom stereocenters. The molecule has 0 N–H and O–H groups in total. The highest BCUT2D eigenvalue weighted by Crippen LogP contribution is 2.29. The van der Waals surface area contributed by atoms with Crippen LogP contribution in [-0.4, -0.2) is 28.0 Å². The van der Waals surface area contributed by atoms with Gasteiger partial charge >= 0.3 is 0 Å². The largest absolute Gasteiger partial charge is 0.303 e. The van der Waals surface area contributed by atoms with Crippen molar-refractivity contribution in [1.29, 1.82) is 0 Å². The molecule has 102 valence electrons. The molecule has 0 spiro atoms. The molecule has 1 aliphatic rings. The zero-order valence-electron chi connectivity index (χ0n) is 11.2. The minimum absolute atomic E-state index is 0.407. The van der Waals surface area contributed by atoms with Gasteiger partial charge in [-0.15, -0.1) is 0 Å². The lowest BCUT2D eigenvalue weighted by molar-refractivity contribution is -0.114. The fraction of sp³-hybridized carbons (Fsp3) is 0.267. The summed E-state index contributed by atoms with van der Waals surface area (Å²) in [7, 11) is 0. The van der Waals surface area contributed by atoms with Crippen molar-refractivity contribution < 1.29 is 9.59 Å². The maximum absolute atomic E-state index is 12.1. The number of Topliss-reactive ketones (excluding diaryl/α,β-unsaturated/α-hetero) is 1. The Labute approximate surface area is 116 Å². The van der Waals surface area contributed by atoms with Gasteiger partial charge in [-0.3, -0.25) is 14.3 Å². The van der Waals surface area contributed by atoms with Gasteiger partial charge in [0, 0.05) is 18.9 Å². The zero-order chi connectivity index (χ0) is 14.1. The molecule has 0 bridgehead atoms. The SMILES string of the molecule is CCc1ccc2c(c1)C(=O)C(=O)N2CCn1cccn1. The van der Waals surface area contributed by atoms with Crippen LogP contribution < -0.4 is 4.90 Å². The third kappa shape index (κ3) is 2.01. The summed E-state index contributed by atoms with van der Waals surface area (Å²) < 4.78 is 1.75. The summed E-state index contributed by atoms with van der Waals surface area (Å²) in [5, 5.41) is 4.10. The molecule has 1 aliphatic heterocycles. The summed E-state index contributed by atoms with van der Waals surface area (Å²) in [6, 6.07) is 7.48. The first kappa shape index (κ1) is 12.6. The Morgan fingerprint density at radius 3 is 2.75 bits per heavy atom. The van der Waals surface area contributed by atoms with Crippen LogP contribution in [-0.2, 0) is 17.8 Å². The van der Waals surface area contributed by atoms with Crippen LogP contribution in [0.15, 0.2) is 36.7 Å². The maximum Gasteiger partial charge on any atom is 0.299 e. The van der Waals surface area contributed by atoms with Crippen molar-refractivity contribution in [1.82, 2.24) is 9.78 Å². The molecule has 20 heavy (non-hydrogen) atoms. The number of ketones is 1. The number of anilines is 1. The van der Waals surface area contributed by atoms with Crippen molar-refractivity contribution in [3.8, 4) is 0 Å². The molecule has 2 heterocycles. The number of carbonyl (C=O) groups is 2. The third-order valence-electron chi connectivity index (χ3n) is 3.56. The Morgan fingerprint density at radius 2 is 2.05 bits per heavy atom. The van der Waals surface area contributed by atoms with Gasteiger partial charge in [0.1, 0.15) is 0 Å². The highest BCUT2D eigenvalue weighted by molar-refractivity contribution is 6.52. The Kier molecular flexibility index (Phi) is 3.10. The summed E-state index contributed by atoms with van der Waals surface area (Å²) in [4.78, 5) is 25.6. The lowest BCUT2D eigenvalue weighted by Crippen LogP contribution is -2.32. The van der Waals surface area contributed by atoms with E-state index in [4.69, 9.17) is 0 Å². The van der Waals surface area contributed by atoms with Crippen molar-refractivity contribution in [3.63, 3.8) is 0 Å². The fourth-order valence-corrected chi connectivity index (χ4v) is 2.42. The molecule has 0 fully saturated rings. The summed E-state index contributed by atoms with van der Waals surface area (Å²) in [6.45, 7) is 3.05. The molecule has 5 heteroatoms. The van der Waals surface area contributed by atoms with Crippen LogP contribution in [0.4, 0.5) is 5.69 Å². The molecule has 0 radical (unpaired) electrons. The number of hydrogen-bond acceptors (Lipinski definition) is 3. The second-order valence-electron chi connectivity index (χ2n) is 4.76. The Morgan fingerprint density at radius 1 is 1.20 bits per heavy atom. The minimum Gasteiger partial charge on any atom is -0.303 e. The van der Waals surface area contributed by atoms with Crippen molar-refractivity contribution in [3.05, 3.63) is 47.8 Å². The number of rotatable bonds is 4. The number of aryl methyl sites for hydroxylation is 1. The fourth-order valence-electron chi connectivity index (χ4n) is 2.42. The molecule has 1 aromatic heterocycles. The van der Waals surface area contributed by atoms with E-state index in [9.17, 15) is 9.59 Å². The van der Waals surface area contributed by atoms with Crippen LogP contribution in [0.5, 0.6) is 0 Å². The Bertz CT molecular complexity index is 662. The molecule has 0 saturated heterocycles. The van der Waals surface area contributed by atoms with Crippen molar-refractivity contribution in [2.24, 2.45) is 0 Å². The van der Waals surface area contributed by atoms with Crippen LogP contribution in [0.25, 0.3) is 0 Å². The molecule has 3 rings (SSSR count). The number of nitrogens with zero attached hydrogens (tertiary/aromatic N) is 3. The topological polar surface area (TPSA) is 55.2 Å². The van der Waals surface area contributed by atoms with E-state index in [2.05, 4.69) is 5.10 Å². The van der Waals surface area contributed by atoms with Gasteiger partial charge < -0.3 is 4.90 Å². The van der Waals surface area contributed by atoms with E-state index in [1.54, 1.807) is 15.8 Å². The van der Waals surface area contributed by atoms with E-state index in [1.165, 1.54) is 0 Å². The van der Waals surface area contributed by atoms with Gasteiger partial charge in [-0.05, 0) is 30.2 Å². The zero-order valence-corrected chi connectivity index (χ0v) is 11.2. The van der Waals surface area contributed by atoms with Gasteiger partial charge in [0.25, 0.3) is 11.7 Å². The van der Waals surface area contributed by atoms with E-state index in [1.807, 2.05) is 37.4 Å². The molecule has 2 aromatic rings. The third-order valence-corrected chi connectivity index (χ3v) is 3.56. The minimum atomic E-state index is -0.444. The van der Waals surface area contributed by atoms with Gasteiger partial charge in [-0.1, -0.05) is 13.0 Å². The second-order valence-corrected chi connectivity index (χ2v) is 4.76. The number of aromatic nitrogens is 2. The number of amides is 1. The van der Waals surface area contributed by atoms with Gasteiger partial charge in [0.15, 0.2) is 0 Å². The number of fused-ring (bicyclic) bond motifs is 1. The number of benzene rings is 1. The quantitative estimate of drug-likeness (QED) is 0.793. The van der Waals surface area contributed by atoms with Gasteiger partial charge in [0.2, 0.25) is 0 Å². The molecule has 0 saturated carbocycles. The van der Waals surface area contributed by atoms with E-state index in [-0.39, 0.29) is 0 Å². The standard InChI is InChI=1S/C15H15N3O2/c1-2-11-4-5-13-12(10-11)14(19)15(20)18(13)9-8-17-7-3-6-16-17/h3-7,10H,2,8-9H2,1H3. The summed E-state index contributed by atoms with van der Waals surface area (Å²) in [5.41, 5.74) is 2.30. The van der Waals surface area contributed by atoms with Gasteiger partial charge in [-0.25, -0.2) is 0 Å². The molecular weight excluding hydrogens is 254 g/mol. The van der Waals surface area contributed by atoms with Crippen LogP contribution in [0.3, 0.4) is 0 Å². The van der Waals surface area contributed by atoms with Crippen molar-refractivity contribution in [2.45, 2.75) is 19.9 Å². The molecule has 1 aromatic carbocycles. The van der Waals surface area contributed by atoms with Crippen LogP contribution in [0, 0.1) is 0 Å². The summed E-state index contributed by atoms with van der Waals surface area (Å²) in [5.74, 6) is -0.851. The van der Waals surface area contributed by atoms with E-state index < -0.39 is 11.7 Å². The average Bonchev–Trinajstić information content (AvgIpc) is 3.06. The van der Waals surface area contributed by atoms with E-state index in [0.717, 1.165) is 12.0 Å². The van der Waals surface area contributed by atoms with Gasteiger partial charge in [-0.2, -0.15) is 5.10 Å². The second kappa shape index (κ2) is 4.92. The molecule has 0 aliphatic carbocycles. The van der Waals surface area contributed by atoms with Crippen molar-refractivity contribution >= 4 is 17.4 Å². The molecular formula is C15H15N3O2. The van der Waals surface area contributed by atoms with Crippen LogP contribution in [0.2, 0.25) is 0 Å². The van der Waals surface area contributed by atoms with E-state index >= 15 is 0 Å². The smallest absolute Gasteiger partial charge is 0.299 e. The monoisotopic (exact) mass is 269 g/mol. The highest BCUT2D eigenvalue weighted by Gasteiger charge is 2.35. The number of hydrogen-bond donors (Lipinski definition) is 0. The van der Waals surface area contributed by atoms with Crippen LogP contribution in [0.1, 0.15) is 22.8 Å². The predicted octanol–water partition coefficient (Wildman–Crippen LogP) is 1.67. The number of carbonyl (C=O) groups excluding carboxylic acids is 2. The summed E-state index contributed by atoms with van der Waals surface area (Å²) in [6.07, 6.45) is 4.38. The molecule has 0 atom stereocenters. The van der Waals surface area contributed by atoms with Crippen molar-refractivity contribution in [2.75, 3.05) is 11.4 Å². The highest BCUT2D eigenvalue weighted by atomic mass is 16.2. The Balaban J connectivity index is 1.86. The lowest BCUT2D eigenvalue weighted by atomic mass is 10.1. The maximum atomic E-state index is 12.1. The average molecular weight is 269 g/mol. The predicted molar refractivity (Wildman–Crippen MR) is 74.7 cm³/mol. The first-order chi connectivity index (χ1) is 9.70. The molecule has 5 nitrogen and oxygen atoms in total. The van der Waals surface area contributed by atoms with E-state index in [0.29, 0.717) is 24.3 Å².